The Morgan fingerprint density at radius 3 is 2.44 bits per heavy atom. The topological polar surface area (TPSA) is 38.0 Å². The second kappa shape index (κ2) is 5.67. The van der Waals surface area contributed by atoms with E-state index in [9.17, 15) is 17.6 Å². The van der Waals surface area contributed by atoms with Crippen LogP contribution in [0.3, 0.4) is 0 Å². The maximum Gasteiger partial charge on any atom is 0.401 e. The van der Waals surface area contributed by atoms with Gasteiger partial charge in [0.25, 0.3) is 0 Å². The van der Waals surface area contributed by atoms with Gasteiger partial charge in [0.15, 0.2) is 0 Å². The van der Waals surface area contributed by atoms with Crippen LogP contribution in [0.4, 0.5) is 17.6 Å². The second-order valence-electron chi connectivity index (χ2n) is 4.54. The highest BCUT2D eigenvalue weighted by molar-refractivity contribution is 5.19. The highest BCUT2D eigenvalue weighted by atomic mass is 19.4. The zero-order valence-corrected chi connectivity index (χ0v) is 10.0. The van der Waals surface area contributed by atoms with Gasteiger partial charge >= 0.3 is 6.18 Å². The van der Waals surface area contributed by atoms with Gasteiger partial charge in [-0.2, -0.15) is 13.2 Å². The van der Waals surface area contributed by atoms with E-state index in [4.69, 9.17) is 5.73 Å². The molecule has 0 aliphatic rings. The molecule has 0 aliphatic carbocycles. The molecule has 2 nitrogen and oxygen atoms in total. The molecule has 0 radical (unpaired) electrons. The molecule has 6 heteroatoms. The summed E-state index contributed by atoms with van der Waals surface area (Å²) in [5.74, 6) is -0.414. The number of benzene rings is 1. The van der Waals surface area contributed by atoms with Crippen molar-refractivity contribution in [1.82, 2.24) is 5.32 Å². The minimum absolute atomic E-state index is 0.0274. The molecule has 0 saturated carbocycles. The monoisotopic (exact) mass is 264 g/mol. The number of halogens is 4. The molecule has 18 heavy (non-hydrogen) atoms. The van der Waals surface area contributed by atoms with Gasteiger partial charge in [-0.3, -0.25) is 0 Å². The van der Waals surface area contributed by atoms with Crippen molar-refractivity contribution < 1.29 is 17.6 Å². The van der Waals surface area contributed by atoms with Gasteiger partial charge in [0, 0.05) is 12.1 Å². The Kier molecular flexibility index (Phi) is 4.70. The molecule has 0 saturated heterocycles. The molecule has 1 aromatic rings. The van der Waals surface area contributed by atoms with Crippen LogP contribution in [0.2, 0.25) is 0 Å². The molecule has 0 spiro atoms. The van der Waals surface area contributed by atoms with Crippen molar-refractivity contribution in [3.05, 3.63) is 35.6 Å². The molecule has 0 amide bonds. The van der Waals surface area contributed by atoms with Gasteiger partial charge in [-0.15, -0.1) is 0 Å². The van der Waals surface area contributed by atoms with Gasteiger partial charge in [-0.05, 0) is 31.0 Å². The molecule has 1 atom stereocenters. The fraction of sp³-hybridized carbons (Fsp3) is 0.500. The summed E-state index contributed by atoms with van der Waals surface area (Å²) in [6.07, 6.45) is -4.06. The van der Waals surface area contributed by atoms with E-state index in [-0.39, 0.29) is 13.0 Å². The molecule has 3 N–H and O–H groups in total. The number of alkyl halides is 3. The average Bonchev–Trinajstić information content (AvgIpc) is 2.26. The number of nitrogens with one attached hydrogen (secondary N) is 1. The molecular formula is C12H16F4N2. The predicted octanol–water partition coefficient (Wildman–Crippen LogP) is 2.24. The Labute approximate surface area is 103 Å². The van der Waals surface area contributed by atoms with Crippen molar-refractivity contribution in [3.63, 3.8) is 0 Å². The largest absolute Gasteiger partial charge is 0.401 e. The predicted molar refractivity (Wildman–Crippen MR) is 61.6 cm³/mol. The standard InChI is InChI=1S/C12H16F4N2/c1-11(7-17,18-8-12(14,15)16)6-9-3-2-4-10(13)5-9/h2-5,18H,6-8,17H2,1H3. The van der Waals surface area contributed by atoms with Crippen LogP contribution in [0.5, 0.6) is 0 Å². The Morgan fingerprint density at radius 2 is 1.94 bits per heavy atom. The normalized spacial score (nSPS) is 15.4. The van der Waals surface area contributed by atoms with Crippen molar-refractivity contribution in [3.8, 4) is 0 Å². The van der Waals surface area contributed by atoms with Crippen LogP contribution in [0.15, 0.2) is 24.3 Å². The van der Waals surface area contributed by atoms with Crippen LogP contribution < -0.4 is 11.1 Å². The highest BCUT2D eigenvalue weighted by Crippen LogP contribution is 2.17. The lowest BCUT2D eigenvalue weighted by Crippen LogP contribution is -2.53. The zero-order valence-electron chi connectivity index (χ0n) is 10.0. The van der Waals surface area contributed by atoms with Gasteiger partial charge < -0.3 is 11.1 Å². The van der Waals surface area contributed by atoms with Crippen LogP contribution in [0.25, 0.3) is 0 Å². The average molecular weight is 264 g/mol. The molecule has 0 heterocycles. The molecular weight excluding hydrogens is 248 g/mol. The van der Waals surface area contributed by atoms with Crippen LogP contribution in [-0.4, -0.2) is 24.8 Å². The number of rotatable bonds is 5. The highest BCUT2D eigenvalue weighted by Gasteiger charge is 2.32. The fourth-order valence-corrected chi connectivity index (χ4v) is 1.62. The summed E-state index contributed by atoms with van der Waals surface area (Å²) in [4.78, 5) is 0. The van der Waals surface area contributed by atoms with E-state index in [1.165, 1.54) is 18.2 Å². The minimum atomic E-state index is -4.29. The van der Waals surface area contributed by atoms with E-state index in [2.05, 4.69) is 5.32 Å². The lowest BCUT2D eigenvalue weighted by molar-refractivity contribution is -0.128. The first kappa shape index (κ1) is 14.9. The Hall–Kier alpha value is -1.14. The Morgan fingerprint density at radius 1 is 1.28 bits per heavy atom. The van der Waals surface area contributed by atoms with Gasteiger partial charge in [-0.1, -0.05) is 12.1 Å². The summed E-state index contributed by atoms with van der Waals surface area (Å²) in [6, 6.07) is 5.76. The molecule has 1 rings (SSSR count). The number of hydrogen-bond acceptors (Lipinski definition) is 2. The molecule has 102 valence electrons. The van der Waals surface area contributed by atoms with E-state index >= 15 is 0 Å². The first-order chi connectivity index (χ1) is 8.24. The van der Waals surface area contributed by atoms with Crippen molar-refractivity contribution >= 4 is 0 Å². The van der Waals surface area contributed by atoms with E-state index < -0.39 is 24.1 Å². The van der Waals surface area contributed by atoms with E-state index in [1.54, 1.807) is 13.0 Å². The molecule has 1 aromatic carbocycles. The van der Waals surface area contributed by atoms with Crippen LogP contribution in [0, 0.1) is 5.82 Å². The third kappa shape index (κ3) is 5.01. The van der Waals surface area contributed by atoms with Crippen LogP contribution >= 0.6 is 0 Å². The summed E-state index contributed by atoms with van der Waals surface area (Å²) < 4.78 is 49.5. The maximum atomic E-state index is 13.0. The van der Waals surface area contributed by atoms with Gasteiger partial charge in [-0.25, -0.2) is 4.39 Å². The van der Waals surface area contributed by atoms with Crippen LogP contribution in [-0.2, 0) is 6.42 Å². The smallest absolute Gasteiger partial charge is 0.329 e. The third-order valence-corrected chi connectivity index (χ3v) is 2.65. The van der Waals surface area contributed by atoms with Crippen molar-refractivity contribution in [1.29, 1.82) is 0 Å². The Balaban J connectivity index is 2.70. The molecule has 0 aliphatic heterocycles. The third-order valence-electron chi connectivity index (χ3n) is 2.65. The first-order valence-electron chi connectivity index (χ1n) is 5.50. The van der Waals surface area contributed by atoms with Crippen LogP contribution in [0.1, 0.15) is 12.5 Å². The Bertz CT molecular complexity index is 392. The lowest BCUT2D eigenvalue weighted by atomic mass is 9.92. The van der Waals surface area contributed by atoms with Gasteiger partial charge in [0.1, 0.15) is 5.82 Å². The summed E-state index contributed by atoms with van der Waals surface area (Å²) in [7, 11) is 0. The summed E-state index contributed by atoms with van der Waals surface area (Å²) in [6.45, 7) is 0.499. The summed E-state index contributed by atoms with van der Waals surface area (Å²) >= 11 is 0. The first-order valence-corrected chi connectivity index (χ1v) is 5.50. The quantitative estimate of drug-likeness (QED) is 0.800. The molecule has 0 aromatic heterocycles. The van der Waals surface area contributed by atoms with Crippen molar-refractivity contribution in [2.45, 2.75) is 25.1 Å². The second-order valence-corrected chi connectivity index (χ2v) is 4.54. The SMILES string of the molecule is CC(CN)(Cc1cccc(F)c1)NCC(F)(F)F. The minimum Gasteiger partial charge on any atom is -0.329 e. The van der Waals surface area contributed by atoms with Gasteiger partial charge in [0.05, 0.1) is 6.54 Å². The fourth-order valence-electron chi connectivity index (χ4n) is 1.62. The van der Waals surface area contributed by atoms with E-state index in [0.29, 0.717) is 5.56 Å². The van der Waals surface area contributed by atoms with E-state index in [1.807, 2.05) is 0 Å². The summed E-state index contributed by atoms with van der Waals surface area (Å²) in [5.41, 5.74) is 5.19. The van der Waals surface area contributed by atoms with E-state index in [0.717, 1.165) is 0 Å². The van der Waals surface area contributed by atoms with Crippen molar-refractivity contribution in [2.24, 2.45) is 5.73 Å². The summed E-state index contributed by atoms with van der Waals surface area (Å²) in [5, 5.41) is 2.38. The zero-order chi connectivity index (χ0) is 13.8. The lowest BCUT2D eigenvalue weighted by Gasteiger charge is -2.30. The van der Waals surface area contributed by atoms with Gasteiger partial charge in [0.2, 0.25) is 0 Å². The molecule has 1 unspecified atom stereocenters. The number of nitrogens with two attached hydrogens (primary N) is 1. The molecule has 0 fully saturated rings. The van der Waals surface area contributed by atoms with Crippen molar-refractivity contribution in [2.75, 3.05) is 13.1 Å². The maximum absolute atomic E-state index is 13.0. The number of hydrogen-bond donors (Lipinski definition) is 2. The molecule has 0 bridgehead atoms.